The van der Waals surface area contributed by atoms with Crippen molar-refractivity contribution in [1.82, 2.24) is 4.72 Å². The minimum atomic E-state index is -3.41. The Morgan fingerprint density at radius 1 is 1.47 bits per heavy atom. The predicted octanol–water partition coefficient (Wildman–Crippen LogP) is 2.49. The van der Waals surface area contributed by atoms with Crippen molar-refractivity contribution in [2.75, 3.05) is 13.2 Å². The Morgan fingerprint density at radius 2 is 2.18 bits per heavy atom. The van der Waals surface area contributed by atoms with Crippen molar-refractivity contribution < 1.29 is 13.2 Å². The molecule has 17 heavy (non-hydrogen) atoms. The molecule has 1 rings (SSSR count). The van der Waals surface area contributed by atoms with Crippen molar-refractivity contribution in [3.05, 3.63) is 16.5 Å². The summed E-state index contributed by atoms with van der Waals surface area (Å²) >= 11 is 6.74. The Bertz CT molecular complexity index is 442. The lowest BCUT2D eigenvalue weighted by atomic mass is 10.4. The zero-order chi connectivity index (χ0) is 12.9. The van der Waals surface area contributed by atoms with Gasteiger partial charge in [-0.05, 0) is 32.4 Å². The molecule has 0 amide bonds. The molecule has 0 spiro atoms. The topological polar surface area (TPSA) is 55.4 Å². The summed E-state index contributed by atoms with van der Waals surface area (Å²) in [5.74, 6) is 0. The van der Waals surface area contributed by atoms with E-state index < -0.39 is 10.0 Å². The number of sulfonamides is 1. The van der Waals surface area contributed by atoms with E-state index in [1.165, 1.54) is 6.07 Å². The van der Waals surface area contributed by atoms with Gasteiger partial charge in [0.1, 0.15) is 4.21 Å². The third kappa shape index (κ3) is 5.35. The molecule has 0 aliphatic heterocycles. The second-order valence-electron chi connectivity index (χ2n) is 3.73. The lowest BCUT2D eigenvalue weighted by Gasteiger charge is -2.07. The van der Waals surface area contributed by atoms with Crippen LogP contribution in [0.4, 0.5) is 0 Å². The maximum absolute atomic E-state index is 11.7. The highest BCUT2D eigenvalue weighted by molar-refractivity contribution is 7.91. The SMILES string of the molecule is CC(C)OCCCNS(=O)(=O)c1ccc(Cl)s1. The van der Waals surface area contributed by atoms with Crippen molar-refractivity contribution >= 4 is 33.0 Å². The van der Waals surface area contributed by atoms with Crippen LogP contribution < -0.4 is 4.72 Å². The monoisotopic (exact) mass is 297 g/mol. The highest BCUT2D eigenvalue weighted by Crippen LogP contribution is 2.25. The number of nitrogens with one attached hydrogen (secondary N) is 1. The first kappa shape index (κ1) is 14.9. The van der Waals surface area contributed by atoms with Crippen LogP contribution in [0.1, 0.15) is 20.3 Å². The van der Waals surface area contributed by atoms with Crippen LogP contribution in [0.25, 0.3) is 0 Å². The molecule has 1 heterocycles. The van der Waals surface area contributed by atoms with E-state index in [1.807, 2.05) is 13.8 Å². The van der Waals surface area contributed by atoms with Crippen molar-refractivity contribution in [3.63, 3.8) is 0 Å². The number of rotatable bonds is 7. The molecule has 0 aliphatic carbocycles. The predicted molar refractivity (Wildman–Crippen MR) is 70.2 cm³/mol. The molecule has 0 aromatic carbocycles. The summed E-state index contributed by atoms with van der Waals surface area (Å²) in [4.78, 5) is 0. The first-order chi connectivity index (χ1) is 7.92. The molecule has 98 valence electrons. The summed E-state index contributed by atoms with van der Waals surface area (Å²) in [6.07, 6.45) is 0.818. The van der Waals surface area contributed by atoms with Gasteiger partial charge in [-0.25, -0.2) is 13.1 Å². The molecular formula is C10H16ClNO3S2. The van der Waals surface area contributed by atoms with Crippen LogP contribution >= 0.6 is 22.9 Å². The molecule has 1 aromatic rings. The van der Waals surface area contributed by atoms with Crippen molar-refractivity contribution in [2.45, 2.75) is 30.6 Å². The fourth-order valence-electron chi connectivity index (χ4n) is 1.11. The van der Waals surface area contributed by atoms with Gasteiger partial charge < -0.3 is 4.74 Å². The Hall–Kier alpha value is -0.140. The van der Waals surface area contributed by atoms with E-state index in [0.717, 1.165) is 11.3 Å². The lowest BCUT2D eigenvalue weighted by Crippen LogP contribution is -2.25. The minimum Gasteiger partial charge on any atom is -0.379 e. The van der Waals surface area contributed by atoms with Gasteiger partial charge in [0.15, 0.2) is 0 Å². The van der Waals surface area contributed by atoms with E-state index in [4.69, 9.17) is 16.3 Å². The fraction of sp³-hybridized carbons (Fsp3) is 0.600. The molecule has 1 aromatic heterocycles. The average molecular weight is 298 g/mol. The minimum absolute atomic E-state index is 0.169. The summed E-state index contributed by atoms with van der Waals surface area (Å²) in [6, 6.07) is 3.07. The summed E-state index contributed by atoms with van der Waals surface area (Å²) in [6.45, 7) is 4.80. The lowest BCUT2D eigenvalue weighted by molar-refractivity contribution is 0.0778. The summed E-state index contributed by atoms with van der Waals surface area (Å²) < 4.78 is 32.0. The Balaban J connectivity index is 2.36. The number of thiophene rings is 1. The first-order valence-corrected chi connectivity index (χ1v) is 7.96. The van der Waals surface area contributed by atoms with Gasteiger partial charge in [0.2, 0.25) is 10.0 Å². The van der Waals surface area contributed by atoms with Crippen LogP contribution in [-0.4, -0.2) is 27.7 Å². The van der Waals surface area contributed by atoms with E-state index in [0.29, 0.717) is 23.9 Å². The van der Waals surface area contributed by atoms with Gasteiger partial charge in [-0.2, -0.15) is 0 Å². The maximum Gasteiger partial charge on any atom is 0.250 e. The maximum atomic E-state index is 11.7. The average Bonchev–Trinajstić information content (AvgIpc) is 2.64. The van der Waals surface area contributed by atoms with E-state index in [9.17, 15) is 8.42 Å². The van der Waals surface area contributed by atoms with Crippen LogP contribution in [0.3, 0.4) is 0 Å². The van der Waals surface area contributed by atoms with Gasteiger partial charge in [0, 0.05) is 13.2 Å². The second kappa shape index (κ2) is 6.70. The molecule has 0 aliphatic rings. The Morgan fingerprint density at radius 3 is 2.71 bits per heavy atom. The molecule has 0 bridgehead atoms. The summed E-state index contributed by atoms with van der Waals surface area (Å²) in [5, 5.41) is 0. The normalized spacial score (nSPS) is 12.2. The quantitative estimate of drug-likeness (QED) is 0.787. The molecule has 1 N–H and O–H groups in total. The van der Waals surface area contributed by atoms with Crippen LogP contribution in [0.5, 0.6) is 0 Å². The van der Waals surface area contributed by atoms with Gasteiger partial charge in [0.25, 0.3) is 0 Å². The van der Waals surface area contributed by atoms with Gasteiger partial charge in [-0.15, -0.1) is 11.3 Å². The highest BCUT2D eigenvalue weighted by Gasteiger charge is 2.15. The number of hydrogen-bond donors (Lipinski definition) is 1. The van der Waals surface area contributed by atoms with Gasteiger partial charge in [-0.1, -0.05) is 11.6 Å². The molecule has 0 saturated heterocycles. The van der Waals surface area contributed by atoms with E-state index in [1.54, 1.807) is 6.07 Å². The molecule has 7 heteroatoms. The van der Waals surface area contributed by atoms with Crippen LogP contribution in [0.2, 0.25) is 4.34 Å². The number of ether oxygens (including phenoxy) is 1. The van der Waals surface area contributed by atoms with E-state index in [-0.39, 0.29) is 10.3 Å². The summed E-state index contributed by atoms with van der Waals surface area (Å²) in [5.41, 5.74) is 0. The van der Waals surface area contributed by atoms with E-state index in [2.05, 4.69) is 4.72 Å². The van der Waals surface area contributed by atoms with Gasteiger partial charge in [0.05, 0.1) is 10.4 Å². The van der Waals surface area contributed by atoms with E-state index >= 15 is 0 Å². The molecule has 0 atom stereocenters. The summed E-state index contributed by atoms with van der Waals surface area (Å²) in [7, 11) is -3.41. The first-order valence-electron chi connectivity index (χ1n) is 5.28. The van der Waals surface area contributed by atoms with Crippen LogP contribution in [-0.2, 0) is 14.8 Å². The van der Waals surface area contributed by atoms with Gasteiger partial charge >= 0.3 is 0 Å². The Kier molecular flexibility index (Phi) is 5.88. The molecule has 0 unspecified atom stereocenters. The fourth-order valence-corrected chi connectivity index (χ4v) is 3.71. The number of halogens is 1. The molecule has 0 radical (unpaired) electrons. The highest BCUT2D eigenvalue weighted by atomic mass is 35.5. The largest absolute Gasteiger partial charge is 0.379 e. The molecule has 4 nitrogen and oxygen atoms in total. The molecule has 0 saturated carbocycles. The third-order valence-electron chi connectivity index (χ3n) is 1.88. The van der Waals surface area contributed by atoms with Crippen molar-refractivity contribution in [3.8, 4) is 0 Å². The van der Waals surface area contributed by atoms with Crippen molar-refractivity contribution in [2.24, 2.45) is 0 Å². The molecular weight excluding hydrogens is 282 g/mol. The third-order valence-corrected chi connectivity index (χ3v) is 5.06. The zero-order valence-corrected chi connectivity index (χ0v) is 12.2. The number of hydrogen-bond acceptors (Lipinski definition) is 4. The second-order valence-corrected chi connectivity index (χ2v) is 7.44. The van der Waals surface area contributed by atoms with Crippen LogP contribution in [0, 0.1) is 0 Å². The molecule has 0 fully saturated rings. The van der Waals surface area contributed by atoms with Crippen molar-refractivity contribution in [1.29, 1.82) is 0 Å². The zero-order valence-electron chi connectivity index (χ0n) is 9.77. The Labute approximate surface area is 111 Å². The standard InChI is InChI=1S/C10H16ClNO3S2/c1-8(2)15-7-3-6-12-17(13,14)10-5-4-9(11)16-10/h4-5,8,12H,3,6-7H2,1-2H3. The van der Waals surface area contributed by atoms with Crippen LogP contribution in [0.15, 0.2) is 16.3 Å². The van der Waals surface area contributed by atoms with Gasteiger partial charge in [-0.3, -0.25) is 0 Å². The smallest absolute Gasteiger partial charge is 0.250 e.